The van der Waals surface area contributed by atoms with E-state index in [-0.39, 0.29) is 17.2 Å². The van der Waals surface area contributed by atoms with Crippen LogP contribution in [0.15, 0.2) is 42.7 Å². The van der Waals surface area contributed by atoms with Gasteiger partial charge in [-0.3, -0.25) is 4.79 Å². The summed E-state index contributed by atoms with van der Waals surface area (Å²) < 4.78 is 1.71. The largest absolute Gasteiger partial charge is 0.336 e. The third kappa shape index (κ3) is 3.20. The van der Waals surface area contributed by atoms with E-state index < -0.39 is 0 Å². The smallest absolute Gasteiger partial charge is 0.272 e. The van der Waals surface area contributed by atoms with E-state index in [1.807, 2.05) is 17.0 Å². The van der Waals surface area contributed by atoms with Crippen LogP contribution in [-0.4, -0.2) is 43.5 Å². The van der Waals surface area contributed by atoms with Crippen LogP contribution in [0.2, 0.25) is 0 Å². The number of nitrogens with zero attached hydrogens (tertiary/aromatic N) is 5. The van der Waals surface area contributed by atoms with E-state index in [0.29, 0.717) is 18.0 Å². The van der Waals surface area contributed by atoms with Crippen LogP contribution in [0.1, 0.15) is 61.3 Å². The van der Waals surface area contributed by atoms with E-state index in [1.54, 1.807) is 4.52 Å². The molecule has 1 amide bonds. The second-order valence-corrected chi connectivity index (χ2v) is 7.95. The Hall–Kier alpha value is -2.76. The molecule has 1 saturated heterocycles. The van der Waals surface area contributed by atoms with Gasteiger partial charge in [-0.05, 0) is 30.4 Å². The summed E-state index contributed by atoms with van der Waals surface area (Å²) in [5, 5.41) is 4.23. The van der Waals surface area contributed by atoms with Gasteiger partial charge in [0.05, 0.1) is 5.69 Å². The summed E-state index contributed by atoms with van der Waals surface area (Å²) >= 11 is 0. The van der Waals surface area contributed by atoms with Crippen LogP contribution in [0.4, 0.5) is 0 Å². The monoisotopic (exact) mass is 363 g/mol. The lowest BCUT2D eigenvalue weighted by atomic mass is 9.76. The van der Waals surface area contributed by atoms with E-state index in [9.17, 15) is 4.79 Å². The Morgan fingerprint density at radius 2 is 2.00 bits per heavy atom. The molecule has 0 bridgehead atoms. The van der Waals surface area contributed by atoms with Gasteiger partial charge in [-0.15, -0.1) is 0 Å². The summed E-state index contributed by atoms with van der Waals surface area (Å²) in [6.07, 6.45) is 3.55. The highest BCUT2D eigenvalue weighted by Crippen LogP contribution is 2.34. The first-order valence-electron chi connectivity index (χ1n) is 9.53. The Morgan fingerprint density at radius 1 is 1.22 bits per heavy atom. The Kier molecular flexibility index (Phi) is 4.42. The van der Waals surface area contributed by atoms with E-state index in [0.717, 1.165) is 25.1 Å². The number of carbonyl (C=O) groups is 1. The van der Waals surface area contributed by atoms with E-state index in [2.05, 4.69) is 60.1 Å². The predicted octanol–water partition coefficient (Wildman–Crippen LogP) is 3.44. The normalized spacial score (nSPS) is 20.4. The number of amides is 1. The zero-order chi connectivity index (χ0) is 19.0. The highest BCUT2D eigenvalue weighted by Gasteiger charge is 2.35. The summed E-state index contributed by atoms with van der Waals surface area (Å²) in [5.41, 5.74) is 2.65. The lowest BCUT2D eigenvalue weighted by molar-refractivity contribution is 0.0645. The Morgan fingerprint density at radius 3 is 2.74 bits per heavy atom. The molecule has 1 aliphatic heterocycles. The van der Waals surface area contributed by atoms with Crippen molar-refractivity contribution in [1.29, 1.82) is 0 Å². The Balaban J connectivity index is 1.66. The van der Waals surface area contributed by atoms with Gasteiger partial charge in [0.25, 0.3) is 11.7 Å². The number of piperidine rings is 1. The van der Waals surface area contributed by atoms with Crippen molar-refractivity contribution in [1.82, 2.24) is 24.5 Å². The van der Waals surface area contributed by atoms with Crippen molar-refractivity contribution < 1.29 is 4.79 Å². The average Bonchev–Trinajstić information content (AvgIpc) is 3.16. The molecule has 27 heavy (non-hydrogen) atoms. The number of hydrogen-bond acceptors (Lipinski definition) is 4. The fraction of sp³-hybridized carbons (Fsp3) is 0.429. The van der Waals surface area contributed by atoms with Gasteiger partial charge in [0, 0.05) is 18.5 Å². The van der Waals surface area contributed by atoms with Crippen LogP contribution >= 0.6 is 0 Å². The molecule has 2 aromatic heterocycles. The van der Waals surface area contributed by atoms with Gasteiger partial charge in [-0.1, -0.05) is 51.1 Å². The second kappa shape index (κ2) is 6.76. The molecule has 140 valence electrons. The second-order valence-electron chi connectivity index (χ2n) is 7.95. The van der Waals surface area contributed by atoms with Gasteiger partial charge in [0.1, 0.15) is 12.0 Å². The number of benzene rings is 1. The molecule has 1 aliphatic rings. The molecular formula is C21H25N5O. The van der Waals surface area contributed by atoms with Gasteiger partial charge in [0.2, 0.25) is 0 Å². The minimum absolute atomic E-state index is 0.0238. The summed E-state index contributed by atoms with van der Waals surface area (Å²) in [6.45, 7) is 7.87. The minimum atomic E-state index is -0.0327. The van der Waals surface area contributed by atoms with Crippen LogP contribution in [-0.2, 0) is 5.41 Å². The summed E-state index contributed by atoms with van der Waals surface area (Å²) in [5.74, 6) is 0.677. The maximum absolute atomic E-state index is 13.3. The number of rotatable bonds is 3. The molecule has 0 aliphatic carbocycles. The zero-order valence-electron chi connectivity index (χ0n) is 16.1. The Bertz CT molecular complexity index is 965. The summed E-state index contributed by atoms with van der Waals surface area (Å²) in [4.78, 5) is 23.9. The van der Waals surface area contributed by atoms with Crippen LogP contribution in [0.3, 0.4) is 0 Å². The van der Waals surface area contributed by atoms with Crippen molar-refractivity contribution in [3.05, 3.63) is 59.7 Å². The molecular weight excluding hydrogens is 338 g/mol. The SMILES string of the molecule is CC(C)c1cc(C(=O)N2CCC[C@@](C)(c3ccccc3)C2)nc2ncnn12. The van der Waals surface area contributed by atoms with Crippen molar-refractivity contribution in [2.75, 3.05) is 13.1 Å². The number of carbonyl (C=O) groups excluding carboxylic acids is 1. The fourth-order valence-electron chi connectivity index (χ4n) is 4.01. The fourth-order valence-corrected chi connectivity index (χ4v) is 4.01. The first kappa shape index (κ1) is 17.6. The highest BCUT2D eigenvalue weighted by molar-refractivity contribution is 5.93. The van der Waals surface area contributed by atoms with Crippen molar-refractivity contribution in [2.45, 2.75) is 44.9 Å². The number of aromatic nitrogens is 4. The molecule has 0 N–H and O–H groups in total. The molecule has 1 aromatic carbocycles. The number of hydrogen-bond donors (Lipinski definition) is 0. The molecule has 4 rings (SSSR count). The number of fused-ring (bicyclic) bond motifs is 1. The molecule has 6 nitrogen and oxygen atoms in total. The molecule has 3 aromatic rings. The van der Waals surface area contributed by atoms with Crippen LogP contribution in [0.5, 0.6) is 0 Å². The molecule has 1 atom stereocenters. The van der Waals surface area contributed by atoms with Crippen LogP contribution < -0.4 is 0 Å². The minimum Gasteiger partial charge on any atom is -0.336 e. The van der Waals surface area contributed by atoms with Crippen LogP contribution in [0, 0.1) is 0 Å². The Labute approximate surface area is 159 Å². The van der Waals surface area contributed by atoms with Crippen molar-refractivity contribution >= 4 is 11.7 Å². The van der Waals surface area contributed by atoms with Gasteiger partial charge >= 0.3 is 0 Å². The maximum atomic E-state index is 13.3. The number of likely N-dealkylation sites (tertiary alicyclic amines) is 1. The van der Waals surface area contributed by atoms with Crippen LogP contribution in [0.25, 0.3) is 5.78 Å². The van der Waals surface area contributed by atoms with Gasteiger partial charge in [-0.2, -0.15) is 10.1 Å². The highest BCUT2D eigenvalue weighted by atomic mass is 16.2. The quantitative estimate of drug-likeness (QED) is 0.715. The van der Waals surface area contributed by atoms with Crippen molar-refractivity contribution in [3.8, 4) is 0 Å². The summed E-state index contributed by atoms with van der Waals surface area (Å²) in [6, 6.07) is 12.3. The molecule has 6 heteroatoms. The van der Waals surface area contributed by atoms with E-state index in [1.165, 1.54) is 11.9 Å². The first-order chi connectivity index (χ1) is 13.0. The third-order valence-electron chi connectivity index (χ3n) is 5.54. The third-order valence-corrected chi connectivity index (χ3v) is 5.54. The maximum Gasteiger partial charge on any atom is 0.272 e. The summed E-state index contributed by atoms with van der Waals surface area (Å²) in [7, 11) is 0. The molecule has 3 heterocycles. The molecule has 1 fully saturated rings. The lowest BCUT2D eigenvalue weighted by Gasteiger charge is -2.41. The van der Waals surface area contributed by atoms with Gasteiger partial charge in [-0.25, -0.2) is 9.50 Å². The standard InChI is InChI=1S/C21H25N5O/c1-15(2)18-12-17(24-20-22-14-23-26(18)20)19(27)25-11-7-10-21(3,13-25)16-8-5-4-6-9-16/h4-6,8-9,12,14-15H,7,10-11,13H2,1-3H3/t21-/m1/s1. The molecule has 0 saturated carbocycles. The van der Waals surface area contributed by atoms with E-state index >= 15 is 0 Å². The predicted molar refractivity (Wildman–Crippen MR) is 104 cm³/mol. The van der Waals surface area contributed by atoms with Gasteiger partial charge in [0.15, 0.2) is 0 Å². The van der Waals surface area contributed by atoms with Crippen molar-refractivity contribution in [2.24, 2.45) is 0 Å². The first-order valence-corrected chi connectivity index (χ1v) is 9.53. The molecule has 0 radical (unpaired) electrons. The zero-order valence-corrected chi connectivity index (χ0v) is 16.1. The lowest BCUT2D eigenvalue weighted by Crippen LogP contribution is -2.47. The van der Waals surface area contributed by atoms with E-state index in [4.69, 9.17) is 0 Å². The topological polar surface area (TPSA) is 63.4 Å². The molecule has 0 spiro atoms. The van der Waals surface area contributed by atoms with Crippen molar-refractivity contribution in [3.63, 3.8) is 0 Å². The average molecular weight is 363 g/mol. The van der Waals surface area contributed by atoms with Gasteiger partial charge < -0.3 is 4.90 Å². The molecule has 0 unspecified atom stereocenters.